The van der Waals surface area contributed by atoms with Crippen molar-refractivity contribution in [2.24, 2.45) is 0 Å². The molecule has 0 aliphatic rings. The predicted octanol–water partition coefficient (Wildman–Crippen LogP) is 3.36. The third-order valence-corrected chi connectivity index (χ3v) is 3.42. The molecule has 0 aliphatic carbocycles. The largest absolute Gasteiger partial charge is 0.385 e. The average Bonchev–Trinajstić information content (AvgIpc) is 2.36. The third kappa shape index (κ3) is 5.93. The maximum Gasteiger partial charge on any atom is 0.0479 e. The summed E-state index contributed by atoms with van der Waals surface area (Å²) >= 11 is 0. The molecule has 0 fully saturated rings. The summed E-state index contributed by atoms with van der Waals surface area (Å²) in [6, 6.07) is 6.71. The molecule has 114 valence electrons. The van der Waals surface area contributed by atoms with Crippen LogP contribution in [0.4, 0.5) is 5.69 Å². The highest BCUT2D eigenvalue weighted by Crippen LogP contribution is 2.19. The van der Waals surface area contributed by atoms with Crippen LogP contribution in [0.25, 0.3) is 0 Å². The van der Waals surface area contributed by atoms with Gasteiger partial charge in [0.1, 0.15) is 0 Å². The minimum Gasteiger partial charge on any atom is -0.385 e. The van der Waals surface area contributed by atoms with Gasteiger partial charge in [0, 0.05) is 45.1 Å². The fraction of sp³-hybridized carbons (Fsp3) is 0.647. The molecule has 0 radical (unpaired) electrons. The Bertz CT molecular complexity index is 410. The van der Waals surface area contributed by atoms with Crippen molar-refractivity contribution in [3.8, 4) is 0 Å². The van der Waals surface area contributed by atoms with E-state index >= 15 is 0 Å². The van der Waals surface area contributed by atoms with Crippen molar-refractivity contribution in [1.82, 2.24) is 5.32 Å². The Morgan fingerprint density at radius 1 is 1.25 bits per heavy atom. The summed E-state index contributed by atoms with van der Waals surface area (Å²) in [5.41, 5.74) is 4.15. The first-order chi connectivity index (χ1) is 9.33. The van der Waals surface area contributed by atoms with Crippen LogP contribution in [0.5, 0.6) is 0 Å². The van der Waals surface area contributed by atoms with Gasteiger partial charge in [-0.05, 0) is 57.4 Å². The van der Waals surface area contributed by atoms with E-state index in [0.717, 1.165) is 26.1 Å². The van der Waals surface area contributed by atoms with E-state index in [1.807, 2.05) is 0 Å². The van der Waals surface area contributed by atoms with Crippen LogP contribution in [0.15, 0.2) is 18.2 Å². The second-order valence-corrected chi connectivity index (χ2v) is 6.48. The number of nitrogens with zero attached hydrogens (tertiary/aromatic N) is 1. The van der Waals surface area contributed by atoms with Crippen LogP contribution in [-0.2, 0) is 11.3 Å². The number of methoxy groups -OCH3 is 1. The Kier molecular flexibility index (Phi) is 6.50. The SMILES string of the molecule is COCCCN(C)c1ccc(CNC(C)(C)C)c(C)c1. The quantitative estimate of drug-likeness (QED) is 0.774. The minimum absolute atomic E-state index is 0.155. The van der Waals surface area contributed by atoms with Crippen LogP contribution in [-0.4, -0.2) is 32.8 Å². The number of rotatable bonds is 7. The Labute approximate surface area is 124 Å². The zero-order valence-corrected chi connectivity index (χ0v) is 13.9. The van der Waals surface area contributed by atoms with Crippen molar-refractivity contribution in [2.75, 3.05) is 32.2 Å². The first kappa shape index (κ1) is 17.0. The Hall–Kier alpha value is -1.06. The highest BCUT2D eigenvalue weighted by atomic mass is 16.5. The van der Waals surface area contributed by atoms with E-state index < -0.39 is 0 Å². The Morgan fingerprint density at radius 3 is 2.50 bits per heavy atom. The first-order valence-corrected chi connectivity index (χ1v) is 7.38. The monoisotopic (exact) mass is 278 g/mol. The van der Waals surface area contributed by atoms with Gasteiger partial charge < -0.3 is 15.0 Å². The smallest absolute Gasteiger partial charge is 0.0479 e. The van der Waals surface area contributed by atoms with E-state index in [1.165, 1.54) is 16.8 Å². The van der Waals surface area contributed by atoms with E-state index in [9.17, 15) is 0 Å². The van der Waals surface area contributed by atoms with Gasteiger partial charge in [-0.15, -0.1) is 0 Å². The molecule has 0 bridgehead atoms. The minimum atomic E-state index is 0.155. The molecule has 0 unspecified atom stereocenters. The van der Waals surface area contributed by atoms with Crippen molar-refractivity contribution >= 4 is 5.69 Å². The fourth-order valence-corrected chi connectivity index (χ4v) is 2.05. The van der Waals surface area contributed by atoms with Crippen LogP contribution in [0.1, 0.15) is 38.3 Å². The molecule has 0 amide bonds. The molecule has 0 aliphatic heterocycles. The lowest BCUT2D eigenvalue weighted by atomic mass is 10.0. The predicted molar refractivity (Wildman–Crippen MR) is 87.5 cm³/mol. The van der Waals surface area contributed by atoms with Crippen LogP contribution in [0.3, 0.4) is 0 Å². The Morgan fingerprint density at radius 2 is 1.95 bits per heavy atom. The van der Waals surface area contributed by atoms with Crippen LogP contribution >= 0.6 is 0 Å². The van der Waals surface area contributed by atoms with Gasteiger partial charge in [0.15, 0.2) is 0 Å². The summed E-state index contributed by atoms with van der Waals surface area (Å²) in [6.07, 6.45) is 1.05. The average molecular weight is 278 g/mol. The number of hydrogen-bond donors (Lipinski definition) is 1. The van der Waals surface area contributed by atoms with Crippen molar-refractivity contribution in [3.05, 3.63) is 29.3 Å². The highest BCUT2D eigenvalue weighted by molar-refractivity contribution is 5.50. The zero-order valence-electron chi connectivity index (χ0n) is 13.9. The van der Waals surface area contributed by atoms with Gasteiger partial charge in [0.2, 0.25) is 0 Å². The number of ether oxygens (including phenoxy) is 1. The number of anilines is 1. The van der Waals surface area contributed by atoms with Gasteiger partial charge in [-0.25, -0.2) is 0 Å². The number of benzene rings is 1. The van der Waals surface area contributed by atoms with Crippen LogP contribution in [0, 0.1) is 6.92 Å². The van der Waals surface area contributed by atoms with Crippen molar-refractivity contribution in [3.63, 3.8) is 0 Å². The molecule has 3 heteroatoms. The van der Waals surface area contributed by atoms with Crippen LogP contribution < -0.4 is 10.2 Å². The highest BCUT2D eigenvalue weighted by Gasteiger charge is 2.10. The maximum atomic E-state index is 5.10. The molecule has 20 heavy (non-hydrogen) atoms. The summed E-state index contributed by atoms with van der Waals surface area (Å²) < 4.78 is 5.10. The topological polar surface area (TPSA) is 24.5 Å². The molecule has 1 N–H and O–H groups in total. The molecular weight excluding hydrogens is 248 g/mol. The number of hydrogen-bond acceptors (Lipinski definition) is 3. The maximum absolute atomic E-state index is 5.10. The molecule has 0 heterocycles. The molecule has 3 nitrogen and oxygen atoms in total. The molecule has 1 aromatic carbocycles. The van der Waals surface area contributed by atoms with Gasteiger partial charge in [-0.2, -0.15) is 0 Å². The summed E-state index contributed by atoms with van der Waals surface area (Å²) in [5.74, 6) is 0. The summed E-state index contributed by atoms with van der Waals surface area (Å²) in [6.45, 7) is 11.5. The second-order valence-electron chi connectivity index (χ2n) is 6.48. The molecule has 0 spiro atoms. The van der Waals surface area contributed by atoms with Crippen molar-refractivity contribution < 1.29 is 4.74 Å². The van der Waals surface area contributed by atoms with Gasteiger partial charge in [0.25, 0.3) is 0 Å². The van der Waals surface area contributed by atoms with E-state index in [4.69, 9.17) is 4.74 Å². The molecule has 1 aromatic rings. The molecule has 1 rings (SSSR count). The normalized spacial score (nSPS) is 11.7. The van der Waals surface area contributed by atoms with Gasteiger partial charge >= 0.3 is 0 Å². The van der Waals surface area contributed by atoms with Gasteiger partial charge in [-0.1, -0.05) is 6.07 Å². The zero-order chi connectivity index (χ0) is 15.2. The lowest BCUT2D eigenvalue weighted by Crippen LogP contribution is -2.35. The lowest BCUT2D eigenvalue weighted by molar-refractivity contribution is 0.196. The standard InChI is InChI=1S/C17H30N2O/c1-14-12-16(19(5)10-7-11-20-6)9-8-15(14)13-18-17(2,3)4/h8-9,12,18H,7,10-11,13H2,1-6H3. The van der Waals surface area contributed by atoms with E-state index in [0.29, 0.717) is 0 Å². The summed E-state index contributed by atoms with van der Waals surface area (Å²) in [7, 11) is 3.89. The molecule has 0 aromatic heterocycles. The molecule has 0 atom stereocenters. The van der Waals surface area contributed by atoms with E-state index in [-0.39, 0.29) is 5.54 Å². The molecule has 0 saturated carbocycles. The summed E-state index contributed by atoms with van der Waals surface area (Å²) in [5, 5.41) is 3.54. The van der Waals surface area contributed by atoms with Gasteiger partial charge in [0.05, 0.1) is 0 Å². The van der Waals surface area contributed by atoms with Crippen molar-refractivity contribution in [1.29, 1.82) is 0 Å². The third-order valence-electron chi connectivity index (χ3n) is 3.42. The van der Waals surface area contributed by atoms with Crippen molar-refractivity contribution in [2.45, 2.75) is 46.2 Å². The van der Waals surface area contributed by atoms with E-state index in [1.54, 1.807) is 7.11 Å². The lowest BCUT2D eigenvalue weighted by Gasteiger charge is -2.23. The number of nitrogens with one attached hydrogen (secondary N) is 1. The summed E-state index contributed by atoms with van der Waals surface area (Å²) in [4.78, 5) is 2.28. The molecular formula is C17H30N2O. The second kappa shape index (κ2) is 7.65. The fourth-order valence-electron chi connectivity index (χ4n) is 2.05. The van der Waals surface area contributed by atoms with E-state index in [2.05, 4.69) is 63.2 Å². The number of aryl methyl sites for hydroxylation is 1. The first-order valence-electron chi connectivity index (χ1n) is 7.38. The molecule has 0 saturated heterocycles. The van der Waals surface area contributed by atoms with Gasteiger partial charge in [-0.3, -0.25) is 0 Å². The Balaban J connectivity index is 2.62. The van der Waals surface area contributed by atoms with Crippen LogP contribution in [0.2, 0.25) is 0 Å².